The van der Waals surface area contributed by atoms with E-state index in [-0.39, 0.29) is 34.7 Å². The molecular weight excluding hydrogens is 589 g/mol. The lowest BCUT2D eigenvalue weighted by Crippen LogP contribution is -2.50. The molecule has 0 aromatic heterocycles. The fraction of sp³-hybridized carbons (Fsp3) is 0.571. The van der Waals surface area contributed by atoms with Crippen molar-refractivity contribution in [3.8, 4) is 0 Å². The van der Waals surface area contributed by atoms with Crippen molar-refractivity contribution in [2.24, 2.45) is 17.2 Å². The highest BCUT2D eigenvalue weighted by Crippen LogP contribution is 2.44. The maximum Gasteiger partial charge on any atom is 0.0481 e. The van der Waals surface area contributed by atoms with E-state index in [1.807, 2.05) is 18.2 Å². The molecule has 3 atom stereocenters. The van der Waals surface area contributed by atoms with Crippen LogP contribution in [0.15, 0.2) is 91.0 Å². The van der Waals surface area contributed by atoms with E-state index >= 15 is 0 Å². The van der Waals surface area contributed by atoms with Gasteiger partial charge in [-0.3, -0.25) is 0 Å². The zero-order valence-corrected chi connectivity index (χ0v) is 31.0. The highest BCUT2D eigenvalue weighted by atomic mass is 15.2. The summed E-state index contributed by atoms with van der Waals surface area (Å²) in [4.78, 5) is 6.99. The van der Waals surface area contributed by atoms with Crippen LogP contribution in [-0.2, 0) is 0 Å². The smallest absolute Gasteiger partial charge is 0.0481 e. The predicted molar refractivity (Wildman–Crippen MR) is 205 cm³/mol. The second-order valence-corrected chi connectivity index (χ2v) is 15.3. The van der Waals surface area contributed by atoms with Crippen molar-refractivity contribution in [2.75, 3.05) is 42.3 Å². The first-order chi connectivity index (χ1) is 23.0. The highest BCUT2D eigenvalue weighted by Gasteiger charge is 2.44. The minimum absolute atomic E-state index is 0.131. The Morgan fingerprint density at radius 2 is 0.562 bits per heavy atom. The van der Waals surface area contributed by atoms with Gasteiger partial charge in [-0.1, -0.05) is 130 Å². The number of nitrogens with two attached hydrogens (primary N) is 3. The van der Waals surface area contributed by atoms with Gasteiger partial charge in [0, 0.05) is 34.7 Å². The largest absolute Gasteiger partial charge is 0.322 e. The van der Waals surface area contributed by atoms with Crippen molar-refractivity contribution in [3.05, 3.63) is 108 Å². The van der Waals surface area contributed by atoms with Crippen LogP contribution in [0.4, 0.5) is 0 Å². The summed E-state index contributed by atoms with van der Waals surface area (Å²) < 4.78 is 0. The van der Waals surface area contributed by atoms with Crippen LogP contribution in [0.3, 0.4) is 0 Å². The van der Waals surface area contributed by atoms with E-state index in [1.54, 1.807) is 0 Å². The number of likely N-dealkylation sites (N-methyl/N-ethyl adjacent to an activating group) is 3. The van der Waals surface area contributed by atoms with Crippen LogP contribution >= 0.6 is 0 Å². The minimum Gasteiger partial charge on any atom is -0.322 e. The van der Waals surface area contributed by atoms with E-state index in [0.717, 1.165) is 0 Å². The summed E-state index contributed by atoms with van der Waals surface area (Å²) >= 11 is 0. The average molecular weight is 655 g/mol. The topological polar surface area (TPSA) is 87.8 Å². The summed E-state index contributed by atoms with van der Waals surface area (Å²) in [6.07, 6.45) is 15.1. The fourth-order valence-corrected chi connectivity index (χ4v) is 8.98. The summed E-state index contributed by atoms with van der Waals surface area (Å²) in [5.74, 6) is 0. The van der Waals surface area contributed by atoms with Gasteiger partial charge in [0.15, 0.2) is 0 Å². The summed E-state index contributed by atoms with van der Waals surface area (Å²) in [6.45, 7) is 0. The Balaban J connectivity index is 0.000000163. The number of benzene rings is 3. The van der Waals surface area contributed by atoms with E-state index in [1.165, 1.54) is 93.7 Å². The molecule has 0 aliphatic heterocycles. The molecule has 264 valence electrons. The first-order valence-corrected chi connectivity index (χ1v) is 18.4. The molecular formula is C42H66N6. The van der Waals surface area contributed by atoms with Gasteiger partial charge in [0.1, 0.15) is 0 Å². The van der Waals surface area contributed by atoms with E-state index in [0.29, 0.717) is 0 Å². The second-order valence-electron chi connectivity index (χ2n) is 15.3. The van der Waals surface area contributed by atoms with Gasteiger partial charge in [-0.15, -0.1) is 0 Å². The summed E-state index contributed by atoms with van der Waals surface area (Å²) in [5, 5.41) is 0. The van der Waals surface area contributed by atoms with E-state index in [2.05, 4.69) is 130 Å². The lowest BCUT2D eigenvalue weighted by molar-refractivity contribution is 0.123. The summed E-state index contributed by atoms with van der Waals surface area (Å²) in [6, 6.07) is 31.9. The first-order valence-electron chi connectivity index (χ1n) is 18.4. The fourth-order valence-electron chi connectivity index (χ4n) is 8.98. The predicted octanol–water partition coefficient (Wildman–Crippen LogP) is 7.68. The Morgan fingerprint density at radius 3 is 0.729 bits per heavy atom. The van der Waals surface area contributed by atoms with Gasteiger partial charge in [0.25, 0.3) is 0 Å². The average Bonchev–Trinajstić information content (AvgIpc) is 3.92. The van der Waals surface area contributed by atoms with Crippen LogP contribution in [0.2, 0.25) is 0 Å². The van der Waals surface area contributed by atoms with Gasteiger partial charge in [0.2, 0.25) is 0 Å². The van der Waals surface area contributed by atoms with Crippen molar-refractivity contribution in [3.63, 3.8) is 0 Å². The van der Waals surface area contributed by atoms with Crippen LogP contribution in [0.1, 0.15) is 112 Å². The Hall–Kier alpha value is -2.58. The van der Waals surface area contributed by atoms with Crippen LogP contribution in [0.5, 0.6) is 0 Å². The molecule has 0 radical (unpaired) electrons. The first kappa shape index (κ1) is 38.2. The molecule has 6 rings (SSSR count). The number of hydrogen-bond acceptors (Lipinski definition) is 6. The van der Waals surface area contributed by atoms with Gasteiger partial charge in [0.05, 0.1) is 0 Å². The van der Waals surface area contributed by atoms with E-state index < -0.39 is 0 Å². The van der Waals surface area contributed by atoms with Crippen molar-refractivity contribution in [1.29, 1.82) is 0 Å². The van der Waals surface area contributed by atoms with Crippen molar-refractivity contribution in [2.45, 2.75) is 112 Å². The zero-order chi connectivity index (χ0) is 34.8. The van der Waals surface area contributed by atoms with Crippen LogP contribution in [0, 0.1) is 0 Å². The SMILES string of the molecule is CN(C)C1(C(N)c2ccccc2)CCCC1.CN(C)C1(C(N)c2ccccc2)CCCC1.CN(C)C1(C(N)c2ccccc2)CCCC1. The molecule has 3 unspecified atom stereocenters. The number of nitrogens with zero attached hydrogens (tertiary/aromatic N) is 3. The Morgan fingerprint density at radius 1 is 0.375 bits per heavy atom. The monoisotopic (exact) mass is 655 g/mol. The molecule has 0 bridgehead atoms. The van der Waals surface area contributed by atoms with Crippen LogP contribution < -0.4 is 17.2 Å². The molecule has 3 aliphatic rings. The van der Waals surface area contributed by atoms with Gasteiger partial charge in [-0.2, -0.15) is 0 Å². The third kappa shape index (κ3) is 8.40. The van der Waals surface area contributed by atoms with Gasteiger partial charge < -0.3 is 31.9 Å². The van der Waals surface area contributed by atoms with Crippen molar-refractivity contribution < 1.29 is 0 Å². The molecule has 6 nitrogen and oxygen atoms in total. The van der Waals surface area contributed by atoms with Crippen molar-refractivity contribution in [1.82, 2.24) is 14.7 Å². The maximum absolute atomic E-state index is 6.49. The lowest BCUT2D eigenvalue weighted by Gasteiger charge is -2.41. The van der Waals surface area contributed by atoms with Crippen LogP contribution in [-0.4, -0.2) is 73.6 Å². The number of rotatable bonds is 9. The minimum atomic E-state index is 0.131. The van der Waals surface area contributed by atoms with E-state index in [4.69, 9.17) is 17.2 Å². The number of hydrogen-bond donors (Lipinski definition) is 3. The molecule has 6 N–H and O–H groups in total. The normalized spacial score (nSPS) is 21.2. The third-order valence-corrected chi connectivity index (χ3v) is 12.3. The zero-order valence-electron chi connectivity index (χ0n) is 31.0. The standard InChI is InChI=1S/3C14H22N2/c3*1-16(2)14(10-6-7-11-14)13(15)12-8-4-3-5-9-12/h3*3-5,8-9,13H,6-7,10-11,15H2,1-2H3. The molecule has 6 heteroatoms. The summed E-state index contributed by atoms with van der Waals surface area (Å²) in [5.41, 5.74) is 23.8. The molecule has 0 spiro atoms. The van der Waals surface area contributed by atoms with Gasteiger partial charge in [-0.25, -0.2) is 0 Å². The molecule has 0 saturated heterocycles. The molecule has 48 heavy (non-hydrogen) atoms. The second kappa shape index (κ2) is 17.4. The molecule has 3 saturated carbocycles. The molecule has 0 heterocycles. The third-order valence-electron chi connectivity index (χ3n) is 12.3. The molecule has 3 aromatic rings. The Labute approximate surface area is 293 Å². The van der Waals surface area contributed by atoms with Gasteiger partial charge in [-0.05, 0) is 97.5 Å². The van der Waals surface area contributed by atoms with E-state index in [9.17, 15) is 0 Å². The molecule has 3 fully saturated rings. The molecule has 0 amide bonds. The Kier molecular flexibility index (Phi) is 13.8. The quantitative estimate of drug-likeness (QED) is 0.219. The van der Waals surface area contributed by atoms with Gasteiger partial charge >= 0.3 is 0 Å². The maximum atomic E-state index is 6.49. The highest BCUT2D eigenvalue weighted by molar-refractivity contribution is 5.26. The van der Waals surface area contributed by atoms with Crippen LogP contribution in [0.25, 0.3) is 0 Å². The molecule has 3 aromatic carbocycles. The summed E-state index contributed by atoms with van der Waals surface area (Å²) in [7, 11) is 13.0. The Bertz CT molecular complexity index is 1140. The molecule has 3 aliphatic carbocycles. The lowest BCUT2D eigenvalue weighted by atomic mass is 9.83. The van der Waals surface area contributed by atoms with Crippen molar-refractivity contribution >= 4 is 0 Å².